The second-order valence-electron chi connectivity index (χ2n) is 5.27. The molecule has 26 heavy (non-hydrogen) atoms. The molecule has 2 rings (SSSR count). The Hall–Kier alpha value is -2.88. The molecule has 0 spiro atoms. The van der Waals surface area contributed by atoms with Crippen LogP contribution in [0.15, 0.2) is 4.52 Å². The molecule has 0 saturated carbocycles. The van der Waals surface area contributed by atoms with Crippen LogP contribution in [0.3, 0.4) is 0 Å². The molecule has 9 nitrogen and oxygen atoms in total. The average molecular weight is 382 g/mol. The van der Waals surface area contributed by atoms with Crippen molar-refractivity contribution >= 4 is 34.2 Å². The first-order valence-electron chi connectivity index (χ1n) is 7.45. The van der Waals surface area contributed by atoms with Crippen molar-refractivity contribution in [2.75, 3.05) is 20.0 Å². The minimum Gasteiger partial charge on any atom is -0.465 e. The van der Waals surface area contributed by atoms with Crippen molar-refractivity contribution in [2.24, 2.45) is 0 Å². The van der Waals surface area contributed by atoms with Gasteiger partial charge in [0.25, 0.3) is 0 Å². The van der Waals surface area contributed by atoms with Crippen molar-refractivity contribution in [3.63, 3.8) is 0 Å². The highest BCUT2D eigenvalue weighted by Crippen LogP contribution is 2.33. The number of carbonyl (C=O) groups excluding carboxylic acids is 3. The molecule has 0 saturated heterocycles. The number of ether oxygens (including phenoxy) is 3. The molecule has 0 bridgehead atoms. The first-order chi connectivity index (χ1) is 12.3. The maximum atomic E-state index is 12.1. The number of aryl methyl sites for hydroxylation is 2. The molecule has 0 unspecified atom stereocenters. The van der Waals surface area contributed by atoms with Gasteiger partial charge in [-0.15, -0.1) is 11.3 Å². The molecule has 0 aliphatic carbocycles. The number of rotatable bonds is 6. The molecule has 0 amide bonds. The van der Waals surface area contributed by atoms with Gasteiger partial charge < -0.3 is 24.5 Å². The third-order valence-electron chi connectivity index (χ3n) is 3.67. The molecule has 0 aliphatic heterocycles. The van der Waals surface area contributed by atoms with Crippen molar-refractivity contribution in [3.8, 4) is 0 Å². The fourth-order valence-electron chi connectivity index (χ4n) is 2.31. The number of hydrogen-bond donors (Lipinski definition) is 1. The number of methoxy groups -OCH3 is 2. The van der Waals surface area contributed by atoms with E-state index in [1.54, 1.807) is 13.8 Å². The second kappa shape index (κ2) is 8.00. The highest BCUT2D eigenvalue weighted by molar-refractivity contribution is 7.18. The van der Waals surface area contributed by atoms with E-state index in [0.717, 1.165) is 11.3 Å². The maximum absolute atomic E-state index is 12.1. The first kappa shape index (κ1) is 19.4. The summed E-state index contributed by atoms with van der Waals surface area (Å²) in [6, 6.07) is 0. The summed E-state index contributed by atoms with van der Waals surface area (Å²) < 4.78 is 19.6. The Bertz CT molecular complexity index is 834. The summed E-state index contributed by atoms with van der Waals surface area (Å²) in [7, 11) is 2.38. The van der Waals surface area contributed by atoms with Crippen LogP contribution in [0, 0.1) is 13.8 Å². The molecule has 2 aromatic rings. The third kappa shape index (κ3) is 3.85. The van der Waals surface area contributed by atoms with Crippen molar-refractivity contribution in [3.05, 3.63) is 33.0 Å². The van der Waals surface area contributed by atoms with Gasteiger partial charge in [-0.2, -0.15) is 0 Å². The van der Waals surface area contributed by atoms with Gasteiger partial charge >= 0.3 is 17.9 Å². The van der Waals surface area contributed by atoms with E-state index in [1.807, 2.05) is 0 Å². The molecular weight excluding hydrogens is 364 g/mol. The lowest BCUT2D eigenvalue weighted by Crippen LogP contribution is -2.14. The maximum Gasteiger partial charge on any atom is 0.348 e. The average Bonchev–Trinajstić information content (AvgIpc) is 3.12. The van der Waals surface area contributed by atoms with E-state index >= 15 is 0 Å². The molecule has 0 aromatic carbocycles. The number of anilines is 1. The Morgan fingerprint density at radius 3 is 2.31 bits per heavy atom. The lowest BCUT2D eigenvalue weighted by molar-refractivity contribution is -0.144. The van der Waals surface area contributed by atoms with Gasteiger partial charge in [0.1, 0.15) is 27.8 Å². The van der Waals surface area contributed by atoms with E-state index in [9.17, 15) is 14.4 Å². The number of esters is 3. The van der Waals surface area contributed by atoms with Crippen LogP contribution in [-0.2, 0) is 32.0 Å². The number of nitrogen functional groups attached to an aromatic ring is 1. The lowest BCUT2D eigenvalue weighted by atomic mass is 10.1. The highest BCUT2D eigenvalue weighted by Gasteiger charge is 2.28. The number of aromatic nitrogens is 1. The molecule has 10 heteroatoms. The lowest BCUT2D eigenvalue weighted by Gasteiger charge is -2.08. The van der Waals surface area contributed by atoms with Gasteiger partial charge in [0.2, 0.25) is 0 Å². The number of thiophene rings is 1. The summed E-state index contributed by atoms with van der Waals surface area (Å²) in [6.07, 6.45) is -0.0537. The van der Waals surface area contributed by atoms with E-state index in [0.29, 0.717) is 17.0 Å². The number of carbonyl (C=O) groups is 3. The summed E-state index contributed by atoms with van der Waals surface area (Å²) in [4.78, 5) is 36.1. The zero-order valence-corrected chi connectivity index (χ0v) is 15.5. The monoisotopic (exact) mass is 382 g/mol. The van der Waals surface area contributed by atoms with E-state index in [-0.39, 0.29) is 34.0 Å². The smallest absolute Gasteiger partial charge is 0.348 e. The van der Waals surface area contributed by atoms with Gasteiger partial charge in [0, 0.05) is 11.1 Å². The Morgan fingerprint density at radius 2 is 1.77 bits per heavy atom. The first-order valence-corrected chi connectivity index (χ1v) is 8.26. The fraction of sp³-hybridized carbons (Fsp3) is 0.375. The van der Waals surface area contributed by atoms with Crippen molar-refractivity contribution in [1.82, 2.24) is 5.16 Å². The molecule has 0 radical (unpaired) electrons. The second-order valence-corrected chi connectivity index (χ2v) is 6.32. The topological polar surface area (TPSA) is 131 Å². The van der Waals surface area contributed by atoms with Crippen LogP contribution in [0.2, 0.25) is 0 Å². The molecule has 140 valence electrons. The van der Waals surface area contributed by atoms with E-state index in [1.165, 1.54) is 14.2 Å². The van der Waals surface area contributed by atoms with Crippen LogP contribution in [-0.4, -0.2) is 37.3 Å². The third-order valence-corrected chi connectivity index (χ3v) is 4.72. The molecule has 2 heterocycles. The van der Waals surface area contributed by atoms with Crippen molar-refractivity contribution < 1.29 is 33.1 Å². The summed E-state index contributed by atoms with van der Waals surface area (Å²) in [5.74, 6) is -1.47. The molecule has 0 fully saturated rings. The predicted octanol–water partition coefficient (Wildman–Crippen LogP) is 1.79. The predicted molar refractivity (Wildman–Crippen MR) is 90.9 cm³/mol. The minimum absolute atomic E-state index is 0.0111. The summed E-state index contributed by atoms with van der Waals surface area (Å²) in [5, 5.41) is 3.85. The molecule has 2 aromatic heterocycles. The molecule has 0 atom stereocenters. The SMILES string of the molecule is COC(=O)c1sc(N)c(C(=O)OC)c1COC(=O)Cc1c(C)noc1C. The molecular formula is C16H18N2O7S. The zero-order valence-electron chi connectivity index (χ0n) is 14.7. The van der Waals surface area contributed by atoms with Gasteiger partial charge in [-0.1, -0.05) is 5.16 Å². The van der Waals surface area contributed by atoms with Gasteiger partial charge in [0.15, 0.2) is 0 Å². The quantitative estimate of drug-likeness (QED) is 0.586. The van der Waals surface area contributed by atoms with Gasteiger partial charge in [-0.05, 0) is 13.8 Å². The highest BCUT2D eigenvalue weighted by atomic mass is 32.1. The summed E-state index contributed by atoms with van der Waals surface area (Å²) in [6.45, 7) is 3.07. The van der Waals surface area contributed by atoms with Crippen LogP contribution < -0.4 is 5.73 Å². The van der Waals surface area contributed by atoms with Crippen molar-refractivity contribution in [2.45, 2.75) is 26.9 Å². The summed E-state index contributed by atoms with van der Waals surface area (Å²) in [5.41, 5.74) is 7.17. The Balaban J connectivity index is 2.23. The van der Waals surface area contributed by atoms with E-state index in [2.05, 4.69) is 14.6 Å². The number of nitrogens with two attached hydrogens (primary N) is 1. The van der Waals surface area contributed by atoms with Crippen LogP contribution in [0.1, 0.15) is 42.6 Å². The Morgan fingerprint density at radius 1 is 1.12 bits per heavy atom. The summed E-state index contributed by atoms with van der Waals surface area (Å²) >= 11 is 0.865. The van der Waals surface area contributed by atoms with Crippen LogP contribution in [0.4, 0.5) is 5.00 Å². The molecule has 0 aliphatic rings. The standard InChI is InChI=1S/C16H18N2O7S/c1-7-9(8(2)25-18-7)5-11(19)24-6-10-12(15(20)22-3)14(17)26-13(10)16(21)23-4/h5-6,17H2,1-4H3. The van der Waals surface area contributed by atoms with E-state index < -0.39 is 17.9 Å². The van der Waals surface area contributed by atoms with E-state index in [4.69, 9.17) is 15.0 Å². The molecule has 2 N–H and O–H groups in total. The Labute approximate surface area is 153 Å². The number of hydrogen-bond acceptors (Lipinski definition) is 10. The Kier molecular flexibility index (Phi) is 5.98. The van der Waals surface area contributed by atoms with Gasteiger partial charge in [-0.25, -0.2) is 9.59 Å². The fourth-order valence-corrected chi connectivity index (χ4v) is 3.29. The van der Waals surface area contributed by atoms with Gasteiger partial charge in [-0.3, -0.25) is 4.79 Å². The minimum atomic E-state index is -0.731. The number of nitrogens with zero attached hydrogens (tertiary/aromatic N) is 1. The largest absolute Gasteiger partial charge is 0.465 e. The normalized spacial score (nSPS) is 10.5. The zero-order chi connectivity index (χ0) is 19.4. The van der Waals surface area contributed by atoms with Crippen LogP contribution >= 0.6 is 11.3 Å². The van der Waals surface area contributed by atoms with Gasteiger partial charge in [0.05, 0.1) is 26.3 Å². The van der Waals surface area contributed by atoms with Crippen LogP contribution in [0.25, 0.3) is 0 Å². The van der Waals surface area contributed by atoms with Crippen molar-refractivity contribution in [1.29, 1.82) is 0 Å². The van der Waals surface area contributed by atoms with Crippen LogP contribution in [0.5, 0.6) is 0 Å².